The van der Waals surface area contributed by atoms with Gasteiger partial charge in [-0.15, -0.1) is 11.3 Å². The predicted molar refractivity (Wildman–Crippen MR) is 78.9 cm³/mol. The van der Waals surface area contributed by atoms with E-state index in [0.29, 0.717) is 24.0 Å². The summed E-state index contributed by atoms with van der Waals surface area (Å²) in [5.41, 5.74) is 0. The van der Waals surface area contributed by atoms with Gasteiger partial charge in [0.15, 0.2) is 0 Å². The first-order valence-corrected chi connectivity index (χ1v) is 9.13. The van der Waals surface area contributed by atoms with Gasteiger partial charge >= 0.3 is 0 Å². The molecule has 0 aromatic carbocycles. The Morgan fingerprint density at radius 3 is 2.84 bits per heavy atom. The quantitative estimate of drug-likeness (QED) is 0.802. The zero-order valence-electron chi connectivity index (χ0n) is 11.6. The highest BCUT2D eigenvalue weighted by Crippen LogP contribution is 2.26. The van der Waals surface area contributed by atoms with Crippen molar-refractivity contribution >= 4 is 21.4 Å². The van der Waals surface area contributed by atoms with E-state index in [-0.39, 0.29) is 0 Å². The van der Waals surface area contributed by atoms with Crippen LogP contribution in [0.15, 0.2) is 16.3 Å². The number of rotatable bonds is 8. The highest BCUT2D eigenvalue weighted by molar-refractivity contribution is 7.89. The lowest BCUT2D eigenvalue weighted by Crippen LogP contribution is -2.28. The standard InChI is InChI=1S/C13H22N2O2S2/c1-3-4-8-15(2)19(16,17)13-7-9-18-12(13)10-14-11-5-6-11/h7,9,11,14H,3-6,8,10H2,1-2H3. The van der Waals surface area contributed by atoms with Crippen molar-refractivity contribution in [1.82, 2.24) is 9.62 Å². The molecule has 19 heavy (non-hydrogen) atoms. The smallest absolute Gasteiger partial charge is 0.243 e. The van der Waals surface area contributed by atoms with Gasteiger partial charge in [-0.05, 0) is 30.7 Å². The van der Waals surface area contributed by atoms with Crippen LogP contribution in [0.5, 0.6) is 0 Å². The Balaban J connectivity index is 2.08. The highest BCUT2D eigenvalue weighted by atomic mass is 32.2. The minimum Gasteiger partial charge on any atom is -0.309 e. The molecule has 0 radical (unpaired) electrons. The fourth-order valence-corrected chi connectivity index (χ4v) is 4.45. The number of nitrogens with one attached hydrogen (secondary N) is 1. The minimum atomic E-state index is -3.32. The van der Waals surface area contributed by atoms with E-state index in [4.69, 9.17) is 0 Å². The van der Waals surface area contributed by atoms with Gasteiger partial charge in [0.05, 0.1) is 4.90 Å². The van der Waals surface area contributed by atoms with Crippen LogP contribution < -0.4 is 5.32 Å². The van der Waals surface area contributed by atoms with Crippen LogP contribution in [0.1, 0.15) is 37.5 Å². The molecule has 1 aromatic rings. The average molecular weight is 302 g/mol. The number of sulfonamides is 1. The molecule has 1 fully saturated rings. The summed E-state index contributed by atoms with van der Waals surface area (Å²) in [5.74, 6) is 0. The second-order valence-electron chi connectivity index (χ2n) is 5.04. The molecule has 108 valence electrons. The zero-order chi connectivity index (χ0) is 13.9. The zero-order valence-corrected chi connectivity index (χ0v) is 13.2. The molecule has 6 heteroatoms. The van der Waals surface area contributed by atoms with Crippen LogP contribution >= 0.6 is 11.3 Å². The lowest BCUT2D eigenvalue weighted by atomic mass is 10.3. The molecule has 1 N–H and O–H groups in total. The molecule has 1 aromatic heterocycles. The monoisotopic (exact) mass is 302 g/mol. The molecule has 0 unspecified atom stereocenters. The van der Waals surface area contributed by atoms with Crippen molar-refractivity contribution in [3.63, 3.8) is 0 Å². The molecule has 1 aliphatic carbocycles. The van der Waals surface area contributed by atoms with Crippen LogP contribution in [0.4, 0.5) is 0 Å². The SMILES string of the molecule is CCCCN(C)S(=O)(=O)c1ccsc1CNC1CC1. The molecule has 4 nitrogen and oxygen atoms in total. The van der Waals surface area contributed by atoms with Gasteiger partial charge in [0.25, 0.3) is 0 Å². The minimum absolute atomic E-state index is 0.476. The molecule has 0 spiro atoms. The number of thiophene rings is 1. The van der Waals surface area contributed by atoms with Crippen LogP contribution in [-0.2, 0) is 16.6 Å². The first kappa shape index (κ1) is 15.0. The summed E-state index contributed by atoms with van der Waals surface area (Å²) in [4.78, 5) is 1.40. The first-order chi connectivity index (χ1) is 9.05. The number of unbranched alkanes of at least 4 members (excludes halogenated alkanes) is 1. The van der Waals surface area contributed by atoms with Gasteiger partial charge in [-0.1, -0.05) is 13.3 Å². The van der Waals surface area contributed by atoms with Crippen molar-refractivity contribution < 1.29 is 8.42 Å². The number of nitrogens with zero attached hydrogens (tertiary/aromatic N) is 1. The Labute approximate surface area is 119 Å². The van der Waals surface area contributed by atoms with E-state index in [1.54, 1.807) is 13.1 Å². The Morgan fingerprint density at radius 1 is 1.47 bits per heavy atom. The Kier molecular flexibility index (Phi) is 5.00. The molecule has 1 saturated carbocycles. The van der Waals surface area contributed by atoms with E-state index in [1.807, 2.05) is 5.38 Å². The Hall–Kier alpha value is -0.430. The summed E-state index contributed by atoms with van der Waals surface area (Å²) in [5, 5.41) is 5.25. The molecule has 2 rings (SSSR count). The summed E-state index contributed by atoms with van der Waals surface area (Å²) >= 11 is 1.52. The number of hydrogen-bond acceptors (Lipinski definition) is 4. The molecule has 0 aliphatic heterocycles. The van der Waals surface area contributed by atoms with Gasteiger partial charge in [-0.2, -0.15) is 0 Å². The third kappa shape index (κ3) is 3.78. The van der Waals surface area contributed by atoms with Gasteiger partial charge in [-0.3, -0.25) is 0 Å². The highest BCUT2D eigenvalue weighted by Gasteiger charge is 2.26. The lowest BCUT2D eigenvalue weighted by molar-refractivity contribution is 0.458. The van der Waals surface area contributed by atoms with Crippen molar-refractivity contribution in [3.8, 4) is 0 Å². The topological polar surface area (TPSA) is 49.4 Å². The maximum Gasteiger partial charge on any atom is 0.243 e. The normalized spacial score (nSPS) is 16.2. The van der Waals surface area contributed by atoms with E-state index in [0.717, 1.165) is 17.7 Å². The summed E-state index contributed by atoms with van der Waals surface area (Å²) in [7, 11) is -1.65. The Bertz CT molecular complexity index is 506. The van der Waals surface area contributed by atoms with Gasteiger partial charge in [0, 0.05) is 31.1 Å². The summed E-state index contributed by atoms with van der Waals surface area (Å²) in [6.45, 7) is 3.32. The van der Waals surface area contributed by atoms with Crippen LogP contribution in [0.3, 0.4) is 0 Å². The molecule has 1 heterocycles. The molecule has 0 bridgehead atoms. The van der Waals surface area contributed by atoms with Gasteiger partial charge < -0.3 is 5.32 Å². The van der Waals surface area contributed by atoms with E-state index in [1.165, 1.54) is 28.5 Å². The predicted octanol–water partition coefficient (Wildman–Crippen LogP) is 2.42. The van der Waals surface area contributed by atoms with E-state index < -0.39 is 10.0 Å². The van der Waals surface area contributed by atoms with E-state index in [2.05, 4.69) is 12.2 Å². The van der Waals surface area contributed by atoms with E-state index in [9.17, 15) is 8.42 Å². The van der Waals surface area contributed by atoms with Crippen molar-refractivity contribution in [3.05, 3.63) is 16.3 Å². The maximum atomic E-state index is 12.5. The summed E-state index contributed by atoms with van der Waals surface area (Å²) in [6, 6.07) is 2.32. The van der Waals surface area contributed by atoms with Crippen molar-refractivity contribution in [2.45, 2.75) is 50.1 Å². The largest absolute Gasteiger partial charge is 0.309 e. The third-order valence-electron chi connectivity index (χ3n) is 3.35. The second kappa shape index (κ2) is 6.35. The number of hydrogen-bond donors (Lipinski definition) is 1. The van der Waals surface area contributed by atoms with Crippen LogP contribution in [0.25, 0.3) is 0 Å². The molecular weight excluding hydrogens is 280 g/mol. The summed E-state index contributed by atoms with van der Waals surface area (Å²) in [6.07, 6.45) is 4.32. The molecule has 0 atom stereocenters. The fourth-order valence-electron chi connectivity index (χ4n) is 1.88. The molecule has 1 aliphatic rings. The molecular formula is C13H22N2O2S2. The van der Waals surface area contributed by atoms with E-state index >= 15 is 0 Å². The van der Waals surface area contributed by atoms with Crippen molar-refractivity contribution in [2.24, 2.45) is 0 Å². The molecule has 0 saturated heterocycles. The van der Waals surface area contributed by atoms with Crippen molar-refractivity contribution in [2.75, 3.05) is 13.6 Å². The van der Waals surface area contributed by atoms with Gasteiger partial charge in [0.1, 0.15) is 0 Å². The van der Waals surface area contributed by atoms with Gasteiger partial charge in [-0.25, -0.2) is 12.7 Å². The fraction of sp³-hybridized carbons (Fsp3) is 0.692. The third-order valence-corrected chi connectivity index (χ3v) is 6.34. The maximum absolute atomic E-state index is 12.5. The lowest BCUT2D eigenvalue weighted by Gasteiger charge is -2.17. The molecule has 0 amide bonds. The van der Waals surface area contributed by atoms with Crippen LogP contribution in [0.2, 0.25) is 0 Å². The second-order valence-corrected chi connectivity index (χ2v) is 8.06. The first-order valence-electron chi connectivity index (χ1n) is 6.81. The van der Waals surface area contributed by atoms with Gasteiger partial charge in [0.2, 0.25) is 10.0 Å². The Morgan fingerprint density at radius 2 is 2.21 bits per heavy atom. The summed E-state index contributed by atoms with van der Waals surface area (Å²) < 4.78 is 26.4. The van der Waals surface area contributed by atoms with Crippen molar-refractivity contribution in [1.29, 1.82) is 0 Å². The van der Waals surface area contributed by atoms with Crippen LogP contribution in [-0.4, -0.2) is 32.4 Å². The van der Waals surface area contributed by atoms with Crippen LogP contribution in [0, 0.1) is 0 Å². The average Bonchev–Trinajstić information content (AvgIpc) is 3.09.